The molecule has 1 aliphatic heterocycles. The Bertz CT molecular complexity index is 1170. The Labute approximate surface area is 215 Å². The predicted octanol–water partition coefficient (Wildman–Crippen LogP) is 6.23. The molecule has 0 aromatic heterocycles. The zero-order valence-corrected chi connectivity index (χ0v) is 20.9. The number of carbonyl (C=O) groups is 2. The van der Waals surface area contributed by atoms with Gasteiger partial charge in [0.1, 0.15) is 0 Å². The first-order valence-corrected chi connectivity index (χ1v) is 13.3. The predicted molar refractivity (Wildman–Crippen MR) is 136 cm³/mol. The molecule has 1 heterocycles. The van der Waals surface area contributed by atoms with Crippen LogP contribution in [0.5, 0.6) is 0 Å². The van der Waals surface area contributed by atoms with Gasteiger partial charge in [0.25, 0.3) is 0 Å². The van der Waals surface area contributed by atoms with Gasteiger partial charge in [-0.05, 0) is 87.1 Å². The summed E-state index contributed by atoms with van der Waals surface area (Å²) >= 11 is 0. The van der Waals surface area contributed by atoms with Gasteiger partial charge in [-0.1, -0.05) is 24.3 Å². The van der Waals surface area contributed by atoms with Gasteiger partial charge in [-0.15, -0.1) is 0 Å². The van der Waals surface area contributed by atoms with E-state index in [1.165, 1.54) is 18.9 Å². The van der Waals surface area contributed by atoms with Gasteiger partial charge in [0.05, 0.1) is 22.4 Å². The van der Waals surface area contributed by atoms with Crippen LogP contribution >= 0.6 is 0 Å². The maximum Gasteiger partial charge on any atom is 0.416 e. The molecule has 5 nitrogen and oxygen atoms in total. The summed E-state index contributed by atoms with van der Waals surface area (Å²) in [4.78, 5) is 28.8. The summed E-state index contributed by atoms with van der Waals surface area (Å²) in [5.41, 5.74) is 1.74. The Kier molecular flexibility index (Phi) is 6.94. The van der Waals surface area contributed by atoms with Crippen molar-refractivity contribution in [2.24, 2.45) is 5.41 Å². The number of carboxylic acids is 1. The number of aliphatic carboxylic acids is 1. The molecule has 2 aromatic rings. The van der Waals surface area contributed by atoms with E-state index < -0.39 is 23.1 Å². The molecule has 0 spiro atoms. The molecular weight excluding hydrogens is 481 g/mol. The van der Waals surface area contributed by atoms with Gasteiger partial charge < -0.3 is 14.9 Å². The minimum Gasteiger partial charge on any atom is -0.481 e. The van der Waals surface area contributed by atoms with Gasteiger partial charge in [-0.2, -0.15) is 13.2 Å². The zero-order chi connectivity index (χ0) is 26.2. The summed E-state index contributed by atoms with van der Waals surface area (Å²) in [6.07, 6.45) is 1.54. The molecule has 2 saturated carbocycles. The number of benzene rings is 2. The standard InChI is InChI=1S/C29H33F3N2O3/c30-29(31,32)23-12-9-20(5-1-4-8-26(35)36)19-21(23)13-14-28(15-16-28)27(37)34-18-17-33(22-10-11-22)24-6-2-3-7-25(24)34/h2-3,6-7,9,12,19,22H,1,4-5,8,10-11,13-18H2,(H,35,36). The number of anilines is 2. The Balaban J connectivity index is 1.30. The van der Waals surface area contributed by atoms with Crippen molar-refractivity contribution in [2.75, 3.05) is 22.9 Å². The molecule has 2 fully saturated rings. The van der Waals surface area contributed by atoms with E-state index in [0.29, 0.717) is 51.1 Å². The zero-order valence-electron chi connectivity index (χ0n) is 20.9. The Morgan fingerprint density at radius 1 is 0.973 bits per heavy atom. The van der Waals surface area contributed by atoms with Crippen molar-refractivity contribution in [1.29, 1.82) is 0 Å². The second-order valence-electron chi connectivity index (χ2n) is 10.7. The number of carbonyl (C=O) groups excluding carboxylic acids is 1. The monoisotopic (exact) mass is 514 g/mol. The highest BCUT2D eigenvalue weighted by Gasteiger charge is 2.52. The maximum atomic E-state index is 13.8. The molecular formula is C29H33F3N2O3. The van der Waals surface area contributed by atoms with Crippen molar-refractivity contribution in [2.45, 2.75) is 76.4 Å². The average molecular weight is 515 g/mol. The number of amides is 1. The molecule has 0 unspecified atom stereocenters. The van der Waals surface area contributed by atoms with Crippen LogP contribution in [0.3, 0.4) is 0 Å². The molecule has 8 heteroatoms. The smallest absolute Gasteiger partial charge is 0.416 e. The number of para-hydroxylation sites is 2. The molecule has 3 aliphatic rings. The lowest BCUT2D eigenvalue weighted by atomic mass is 9.91. The first-order valence-electron chi connectivity index (χ1n) is 13.3. The third-order valence-corrected chi connectivity index (χ3v) is 8.04. The number of alkyl halides is 3. The van der Waals surface area contributed by atoms with Gasteiger partial charge in [-0.3, -0.25) is 9.59 Å². The third-order valence-electron chi connectivity index (χ3n) is 8.04. The Morgan fingerprint density at radius 2 is 1.70 bits per heavy atom. The largest absolute Gasteiger partial charge is 0.481 e. The number of rotatable bonds is 10. The first kappa shape index (κ1) is 25.6. The number of nitrogens with zero attached hydrogens (tertiary/aromatic N) is 2. The molecule has 0 bridgehead atoms. The number of hydrogen-bond donors (Lipinski definition) is 1. The van der Waals surface area contributed by atoms with Crippen molar-refractivity contribution in [3.8, 4) is 0 Å². The highest BCUT2D eigenvalue weighted by Crippen LogP contribution is 2.53. The number of fused-ring (bicyclic) bond motifs is 1. The van der Waals surface area contributed by atoms with Crippen LogP contribution < -0.4 is 9.80 Å². The molecule has 2 aromatic carbocycles. The lowest BCUT2D eigenvalue weighted by Crippen LogP contribution is -2.47. The van der Waals surface area contributed by atoms with Gasteiger partial charge in [0, 0.05) is 25.6 Å². The topological polar surface area (TPSA) is 60.9 Å². The van der Waals surface area contributed by atoms with Gasteiger partial charge >= 0.3 is 12.1 Å². The van der Waals surface area contributed by atoms with E-state index in [2.05, 4.69) is 11.0 Å². The summed E-state index contributed by atoms with van der Waals surface area (Å²) in [5.74, 6) is -0.835. The Morgan fingerprint density at radius 3 is 2.35 bits per heavy atom. The van der Waals surface area contributed by atoms with Crippen LogP contribution in [0, 0.1) is 5.41 Å². The highest BCUT2D eigenvalue weighted by molar-refractivity contribution is 6.02. The van der Waals surface area contributed by atoms with Crippen LogP contribution in [0.2, 0.25) is 0 Å². The number of aryl methyl sites for hydroxylation is 2. The third kappa shape index (κ3) is 5.63. The number of halogens is 3. The molecule has 37 heavy (non-hydrogen) atoms. The molecule has 1 amide bonds. The molecule has 5 rings (SSSR count). The SMILES string of the molecule is O=C(O)CCCCc1ccc(C(F)(F)F)c(CCC2(C(=O)N3CCN(C4CC4)c4ccccc43)CC2)c1. The summed E-state index contributed by atoms with van der Waals surface area (Å²) in [7, 11) is 0. The normalized spacial score (nSPS) is 18.5. The van der Waals surface area contributed by atoms with E-state index in [-0.39, 0.29) is 24.3 Å². The average Bonchev–Trinajstić information content (AvgIpc) is 3.79. The van der Waals surface area contributed by atoms with Crippen LogP contribution in [0.4, 0.5) is 24.5 Å². The van der Waals surface area contributed by atoms with E-state index >= 15 is 0 Å². The minimum absolute atomic E-state index is 0.0359. The van der Waals surface area contributed by atoms with E-state index in [1.807, 2.05) is 23.1 Å². The van der Waals surface area contributed by atoms with Crippen molar-refractivity contribution >= 4 is 23.3 Å². The highest BCUT2D eigenvalue weighted by atomic mass is 19.4. The lowest BCUT2D eigenvalue weighted by molar-refractivity contribution is -0.138. The van der Waals surface area contributed by atoms with Crippen LogP contribution in [0.15, 0.2) is 42.5 Å². The van der Waals surface area contributed by atoms with Crippen LogP contribution in [-0.2, 0) is 28.6 Å². The summed E-state index contributed by atoms with van der Waals surface area (Å²) in [6.45, 7) is 1.39. The van der Waals surface area contributed by atoms with Crippen molar-refractivity contribution in [3.05, 3.63) is 59.2 Å². The first-order chi connectivity index (χ1) is 17.7. The van der Waals surface area contributed by atoms with Crippen molar-refractivity contribution < 1.29 is 27.9 Å². The van der Waals surface area contributed by atoms with Gasteiger partial charge in [-0.25, -0.2) is 0 Å². The Hall–Kier alpha value is -3.03. The second kappa shape index (κ2) is 10.0. The summed E-state index contributed by atoms with van der Waals surface area (Å²) in [6, 6.07) is 12.7. The number of hydrogen-bond acceptors (Lipinski definition) is 3. The van der Waals surface area contributed by atoms with Crippen LogP contribution in [0.25, 0.3) is 0 Å². The molecule has 1 N–H and O–H groups in total. The maximum absolute atomic E-state index is 13.8. The number of unbranched alkanes of at least 4 members (excludes halogenated alkanes) is 1. The minimum atomic E-state index is -4.46. The summed E-state index contributed by atoms with van der Waals surface area (Å²) < 4.78 is 41.4. The fraction of sp³-hybridized carbons (Fsp3) is 0.517. The molecule has 198 valence electrons. The molecule has 0 atom stereocenters. The number of carboxylic acid groups (broad SMARTS) is 1. The van der Waals surface area contributed by atoms with Crippen LogP contribution in [-0.4, -0.2) is 36.1 Å². The second-order valence-corrected chi connectivity index (χ2v) is 10.7. The fourth-order valence-electron chi connectivity index (χ4n) is 5.63. The van der Waals surface area contributed by atoms with Crippen molar-refractivity contribution in [1.82, 2.24) is 0 Å². The molecule has 2 aliphatic carbocycles. The van der Waals surface area contributed by atoms with Crippen LogP contribution in [0.1, 0.15) is 68.1 Å². The van der Waals surface area contributed by atoms with E-state index in [1.54, 1.807) is 6.07 Å². The molecule has 0 saturated heterocycles. The van der Waals surface area contributed by atoms with E-state index in [0.717, 1.165) is 29.5 Å². The molecule has 0 radical (unpaired) electrons. The fourth-order valence-corrected chi connectivity index (χ4v) is 5.63. The van der Waals surface area contributed by atoms with Crippen molar-refractivity contribution in [3.63, 3.8) is 0 Å². The summed E-state index contributed by atoms with van der Waals surface area (Å²) in [5, 5.41) is 8.81. The van der Waals surface area contributed by atoms with E-state index in [4.69, 9.17) is 5.11 Å². The lowest BCUT2D eigenvalue weighted by Gasteiger charge is -2.39. The quantitative estimate of drug-likeness (QED) is 0.382. The van der Waals surface area contributed by atoms with Gasteiger partial charge in [0.15, 0.2) is 0 Å². The van der Waals surface area contributed by atoms with E-state index in [9.17, 15) is 22.8 Å². The van der Waals surface area contributed by atoms with Gasteiger partial charge in [0.2, 0.25) is 5.91 Å².